The first-order valence-electron chi connectivity index (χ1n) is 6.95. The highest BCUT2D eigenvalue weighted by atomic mass is 16.4. The molecule has 1 rings (SSSR count). The maximum atomic E-state index is 8.84. The number of nitrogens with zero attached hydrogens (tertiary/aromatic N) is 1. The molecule has 1 aromatic rings. The van der Waals surface area contributed by atoms with Gasteiger partial charge in [-0.05, 0) is 31.2 Å². The molecule has 4 nitrogen and oxygen atoms in total. The van der Waals surface area contributed by atoms with Gasteiger partial charge in [0, 0.05) is 17.6 Å². The molecule has 0 bridgehead atoms. The average molecular weight is 277 g/mol. The Balaban J connectivity index is 2.80. The van der Waals surface area contributed by atoms with Gasteiger partial charge in [0.05, 0.1) is 0 Å². The van der Waals surface area contributed by atoms with Gasteiger partial charge < -0.3 is 16.3 Å². The van der Waals surface area contributed by atoms with E-state index in [1.807, 2.05) is 24.3 Å². The smallest absolute Gasteiger partial charge is 0.170 e. The van der Waals surface area contributed by atoms with Gasteiger partial charge in [-0.15, -0.1) is 0 Å². The molecule has 0 saturated heterocycles. The summed E-state index contributed by atoms with van der Waals surface area (Å²) in [6.45, 7) is 11.8. The average Bonchev–Trinajstić information content (AvgIpc) is 2.33. The summed E-state index contributed by atoms with van der Waals surface area (Å²) in [6.07, 6.45) is 1.06. The molecular weight excluding hydrogens is 250 g/mol. The van der Waals surface area contributed by atoms with Gasteiger partial charge in [-0.2, -0.15) is 0 Å². The van der Waals surface area contributed by atoms with Crippen LogP contribution in [0.15, 0.2) is 29.4 Å². The third kappa shape index (κ3) is 5.21. The van der Waals surface area contributed by atoms with E-state index in [4.69, 9.17) is 10.9 Å². The molecule has 112 valence electrons. The van der Waals surface area contributed by atoms with Crippen molar-refractivity contribution in [1.82, 2.24) is 5.32 Å². The third-order valence-electron chi connectivity index (χ3n) is 3.13. The van der Waals surface area contributed by atoms with Crippen molar-refractivity contribution >= 4 is 5.84 Å². The van der Waals surface area contributed by atoms with Gasteiger partial charge in [0.1, 0.15) is 0 Å². The lowest BCUT2D eigenvalue weighted by molar-refractivity contribution is 0.240. The minimum absolute atomic E-state index is 0.0243. The minimum Gasteiger partial charge on any atom is -0.409 e. The number of benzene rings is 1. The molecular formula is C16H27N3O. The Bertz CT molecular complexity index is 473. The Morgan fingerprint density at radius 3 is 2.35 bits per heavy atom. The van der Waals surface area contributed by atoms with Crippen LogP contribution >= 0.6 is 0 Å². The van der Waals surface area contributed by atoms with E-state index in [-0.39, 0.29) is 16.8 Å². The van der Waals surface area contributed by atoms with Crippen molar-refractivity contribution in [2.45, 2.75) is 53.1 Å². The maximum Gasteiger partial charge on any atom is 0.170 e. The molecule has 0 saturated carbocycles. The van der Waals surface area contributed by atoms with E-state index in [1.165, 1.54) is 0 Å². The van der Waals surface area contributed by atoms with E-state index in [9.17, 15) is 0 Å². The summed E-state index contributed by atoms with van der Waals surface area (Å²) in [5.41, 5.74) is 7.80. The normalized spacial score (nSPS) is 13.6. The Morgan fingerprint density at radius 2 is 1.80 bits per heavy atom. The van der Waals surface area contributed by atoms with Crippen LogP contribution in [0.25, 0.3) is 0 Å². The van der Waals surface area contributed by atoms with Crippen LogP contribution in [0.2, 0.25) is 0 Å². The lowest BCUT2D eigenvalue weighted by Crippen LogP contribution is -2.42. The number of hydrogen-bond acceptors (Lipinski definition) is 3. The highest BCUT2D eigenvalue weighted by molar-refractivity contribution is 5.98. The molecule has 0 fully saturated rings. The molecule has 0 heterocycles. The SMILES string of the molecule is CC(C)(C)CC(C)(C)NCc1ccccc1C(N)=NO. The van der Waals surface area contributed by atoms with E-state index < -0.39 is 0 Å². The van der Waals surface area contributed by atoms with Gasteiger partial charge in [0.25, 0.3) is 0 Å². The zero-order valence-electron chi connectivity index (χ0n) is 13.2. The summed E-state index contributed by atoms with van der Waals surface area (Å²) >= 11 is 0. The Hall–Kier alpha value is -1.55. The number of oxime groups is 1. The fraction of sp³-hybridized carbons (Fsp3) is 0.562. The van der Waals surface area contributed by atoms with Crippen molar-refractivity contribution in [3.8, 4) is 0 Å². The number of hydrogen-bond donors (Lipinski definition) is 3. The molecule has 0 unspecified atom stereocenters. The maximum absolute atomic E-state index is 8.84. The van der Waals surface area contributed by atoms with Crippen molar-refractivity contribution in [1.29, 1.82) is 0 Å². The highest BCUT2D eigenvalue weighted by Gasteiger charge is 2.25. The van der Waals surface area contributed by atoms with Crippen LogP contribution in [0, 0.1) is 5.41 Å². The molecule has 4 N–H and O–H groups in total. The van der Waals surface area contributed by atoms with E-state index in [2.05, 4.69) is 45.1 Å². The van der Waals surface area contributed by atoms with E-state index in [0.717, 1.165) is 17.5 Å². The van der Waals surface area contributed by atoms with E-state index in [0.29, 0.717) is 6.54 Å². The van der Waals surface area contributed by atoms with Crippen molar-refractivity contribution in [3.63, 3.8) is 0 Å². The van der Waals surface area contributed by atoms with Gasteiger partial charge in [0.15, 0.2) is 5.84 Å². The van der Waals surface area contributed by atoms with Crippen LogP contribution < -0.4 is 11.1 Å². The van der Waals surface area contributed by atoms with Crippen LogP contribution in [0.5, 0.6) is 0 Å². The van der Waals surface area contributed by atoms with Gasteiger partial charge in [-0.25, -0.2) is 0 Å². The quantitative estimate of drug-likeness (QED) is 0.335. The summed E-state index contributed by atoms with van der Waals surface area (Å²) in [5, 5.41) is 15.5. The van der Waals surface area contributed by atoms with Crippen LogP contribution in [0.3, 0.4) is 0 Å². The lowest BCUT2D eigenvalue weighted by atomic mass is 9.81. The summed E-state index contributed by atoms with van der Waals surface area (Å²) in [7, 11) is 0. The van der Waals surface area contributed by atoms with Crippen LogP contribution in [0.1, 0.15) is 52.2 Å². The molecule has 0 amide bonds. The third-order valence-corrected chi connectivity index (χ3v) is 3.13. The molecule has 20 heavy (non-hydrogen) atoms. The van der Waals surface area contributed by atoms with E-state index in [1.54, 1.807) is 0 Å². The lowest BCUT2D eigenvalue weighted by Gasteiger charge is -2.33. The molecule has 0 radical (unpaired) electrons. The first-order chi connectivity index (χ1) is 9.14. The van der Waals surface area contributed by atoms with Gasteiger partial charge in [-0.3, -0.25) is 0 Å². The summed E-state index contributed by atoms with van der Waals surface area (Å²) < 4.78 is 0. The standard InChI is InChI=1S/C16H27N3O/c1-15(2,3)11-16(4,5)18-10-12-8-6-7-9-13(12)14(17)19-20/h6-9,18,20H,10-11H2,1-5H3,(H2,17,19). The summed E-state index contributed by atoms with van der Waals surface area (Å²) in [6, 6.07) is 7.70. The first-order valence-corrected chi connectivity index (χ1v) is 6.95. The Labute approximate surface area is 122 Å². The molecule has 0 aliphatic heterocycles. The van der Waals surface area contributed by atoms with Gasteiger partial charge >= 0.3 is 0 Å². The van der Waals surface area contributed by atoms with Gasteiger partial charge in [0.2, 0.25) is 0 Å². The molecule has 0 spiro atoms. The Morgan fingerprint density at radius 1 is 1.20 bits per heavy atom. The number of nitrogens with one attached hydrogen (secondary N) is 1. The molecule has 0 aliphatic carbocycles. The second-order valence-corrected chi connectivity index (χ2v) is 7.12. The summed E-state index contributed by atoms with van der Waals surface area (Å²) in [4.78, 5) is 0. The van der Waals surface area contributed by atoms with Crippen LogP contribution in [-0.4, -0.2) is 16.6 Å². The number of nitrogens with two attached hydrogens (primary N) is 1. The first kappa shape index (κ1) is 16.5. The Kier molecular flexibility index (Phi) is 5.17. The van der Waals surface area contributed by atoms with Crippen LogP contribution in [-0.2, 0) is 6.54 Å². The van der Waals surface area contributed by atoms with Gasteiger partial charge in [-0.1, -0.05) is 50.2 Å². The number of amidine groups is 1. The predicted molar refractivity (Wildman–Crippen MR) is 83.9 cm³/mol. The molecule has 0 aliphatic rings. The number of rotatable bonds is 5. The largest absolute Gasteiger partial charge is 0.409 e. The molecule has 1 aromatic carbocycles. The minimum atomic E-state index is 0.0243. The summed E-state index contributed by atoms with van der Waals surface area (Å²) in [5.74, 6) is 0.149. The van der Waals surface area contributed by atoms with Crippen LogP contribution in [0.4, 0.5) is 0 Å². The molecule has 0 atom stereocenters. The van der Waals surface area contributed by atoms with Crippen molar-refractivity contribution in [2.24, 2.45) is 16.3 Å². The van der Waals surface area contributed by atoms with Crippen molar-refractivity contribution in [2.75, 3.05) is 0 Å². The predicted octanol–water partition coefficient (Wildman–Crippen LogP) is 3.09. The monoisotopic (exact) mass is 277 g/mol. The molecule has 4 heteroatoms. The zero-order chi connectivity index (χ0) is 15.4. The van der Waals surface area contributed by atoms with E-state index >= 15 is 0 Å². The second-order valence-electron chi connectivity index (χ2n) is 7.12. The topological polar surface area (TPSA) is 70.6 Å². The molecule has 0 aromatic heterocycles. The van der Waals surface area contributed by atoms with Crippen molar-refractivity contribution < 1.29 is 5.21 Å². The highest BCUT2D eigenvalue weighted by Crippen LogP contribution is 2.27. The second kappa shape index (κ2) is 6.27. The van der Waals surface area contributed by atoms with Crippen molar-refractivity contribution in [3.05, 3.63) is 35.4 Å². The zero-order valence-corrected chi connectivity index (χ0v) is 13.2. The fourth-order valence-corrected chi connectivity index (χ4v) is 2.70. The fourth-order valence-electron chi connectivity index (χ4n) is 2.70.